The summed E-state index contributed by atoms with van der Waals surface area (Å²) >= 11 is 12.1. The van der Waals surface area contributed by atoms with Crippen LogP contribution in [0, 0.1) is 6.92 Å². The number of ether oxygens (including phenoxy) is 1. The van der Waals surface area contributed by atoms with Crippen LogP contribution in [0.4, 0.5) is 5.69 Å². The van der Waals surface area contributed by atoms with Crippen LogP contribution in [0.5, 0.6) is 5.75 Å². The zero-order chi connectivity index (χ0) is 18.7. The Kier molecular flexibility index (Phi) is 5.94. The molecule has 1 aliphatic heterocycles. The van der Waals surface area contributed by atoms with E-state index in [2.05, 4.69) is 4.90 Å². The topological polar surface area (TPSA) is 32.8 Å². The van der Waals surface area contributed by atoms with Gasteiger partial charge in [0.15, 0.2) is 6.10 Å². The molecule has 1 heterocycles. The molecule has 4 nitrogen and oxygen atoms in total. The number of aryl methyl sites for hydroxylation is 1. The predicted molar refractivity (Wildman–Crippen MR) is 107 cm³/mol. The van der Waals surface area contributed by atoms with Gasteiger partial charge in [-0.1, -0.05) is 29.3 Å². The minimum atomic E-state index is -0.534. The number of hydrogen-bond donors (Lipinski definition) is 0. The van der Waals surface area contributed by atoms with Gasteiger partial charge in [0.25, 0.3) is 5.91 Å². The molecule has 26 heavy (non-hydrogen) atoms. The molecule has 0 N–H and O–H groups in total. The van der Waals surface area contributed by atoms with Crippen molar-refractivity contribution in [2.45, 2.75) is 20.0 Å². The Labute approximate surface area is 164 Å². The van der Waals surface area contributed by atoms with Crippen molar-refractivity contribution >= 4 is 34.8 Å². The first-order valence-corrected chi connectivity index (χ1v) is 9.42. The highest BCUT2D eigenvalue weighted by atomic mass is 35.5. The fourth-order valence-corrected chi connectivity index (χ4v) is 3.36. The summed E-state index contributed by atoms with van der Waals surface area (Å²) in [5.74, 6) is 0.661. The van der Waals surface area contributed by atoms with Gasteiger partial charge in [0.2, 0.25) is 0 Å². The number of benzene rings is 2. The number of rotatable bonds is 4. The van der Waals surface area contributed by atoms with Crippen LogP contribution < -0.4 is 9.64 Å². The maximum absolute atomic E-state index is 12.7. The number of carbonyl (C=O) groups is 1. The lowest BCUT2D eigenvalue weighted by Crippen LogP contribution is -2.52. The second-order valence-corrected chi connectivity index (χ2v) is 7.31. The van der Waals surface area contributed by atoms with Crippen molar-refractivity contribution in [1.29, 1.82) is 0 Å². The van der Waals surface area contributed by atoms with Gasteiger partial charge in [0, 0.05) is 41.9 Å². The van der Waals surface area contributed by atoms with Crippen LogP contribution in [0.2, 0.25) is 10.0 Å². The fourth-order valence-electron chi connectivity index (χ4n) is 3.06. The molecule has 2 aromatic carbocycles. The molecule has 1 atom stereocenters. The minimum absolute atomic E-state index is 0.00310. The summed E-state index contributed by atoms with van der Waals surface area (Å²) in [6.45, 7) is 6.58. The summed E-state index contributed by atoms with van der Waals surface area (Å²) in [5.41, 5.74) is 2.02. The van der Waals surface area contributed by atoms with Crippen molar-refractivity contribution in [3.05, 3.63) is 58.1 Å². The maximum Gasteiger partial charge on any atom is 0.263 e. The molecule has 0 saturated carbocycles. The summed E-state index contributed by atoms with van der Waals surface area (Å²) in [6, 6.07) is 13.2. The SMILES string of the molecule is Cc1cc(OC(C)C(=O)N2CCN(c3cccc(Cl)c3)CC2)ccc1Cl. The second kappa shape index (κ2) is 8.19. The van der Waals surface area contributed by atoms with E-state index < -0.39 is 6.10 Å². The molecule has 1 unspecified atom stereocenters. The average Bonchev–Trinajstić information content (AvgIpc) is 2.64. The molecule has 2 aromatic rings. The molecular formula is C20H22Cl2N2O2. The van der Waals surface area contributed by atoms with Gasteiger partial charge in [0.1, 0.15) is 5.75 Å². The van der Waals surface area contributed by atoms with E-state index in [-0.39, 0.29) is 5.91 Å². The van der Waals surface area contributed by atoms with Gasteiger partial charge in [-0.15, -0.1) is 0 Å². The molecule has 138 valence electrons. The quantitative estimate of drug-likeness (QED) is 0.771. The van der Waals surface area contributed by atoms with E-state index in [1.807, 2.05) is 42.2 Å². The Balaban J connectivity index is 1.56. The van der Waals surface area contributed by atoms with Gasteiger partial charge in [-0.25, -0.2) is 0 Å². The summed E-state index contributed by atoms with van der Waals surface area (Å²) in [5, 5.41) is 1.41. The van der Waals surface area contributed by atoms with E-state index in [0.29, 0.717) is 23.9 Å². The van der Waals surface area contributed by atoms with Crippen LogP contribution >= 0.6 is 23.2 Å². The van der Waals surface area contributed by atoms with Crippen LogP contribution in [-0.4, -0.2) is 43.1 Å². The van der Waals surface area contributed by atoms with E-state index in [9.17, 15) is 4.79 Å². The Bertz CT molecular complexity index is 789. The van der Waals surface area contributed by atoms with Crippen molar-refractivity contribution < 1.29 is 9.53 Å². The van der Waals surface area contributed by atoms with Gasteiger partial charge in [-0.3, -0.25) is 4.79 Å². The first-order valence-electron chi connectivity index (χ1n) is 8.66. The number of piperazine rings is 1. The number of nitrogens with zero attached hydrogens (tertiary/aromatic N) is 2. The summed E-state index contributed by atoms with van der Waals surface area (Å²) < 4.78 is 5.81. The van der Waals surface area contributed by atoms with Crippen molar-refractivity contribution in [3.63, 3.8) is 0 Å². The molecule has 0 aromatic heterocycles. The third kappa shape index (κ3) is 4.43. The van der Waals surface area contributed by atoms with Gasteiger partial charge < -0.3 is 14.5 Å². The number of anilines is 1. The highest BCUT2D eigenvalue weighted by molar-refractivity contribution is 6.31. The van der Waals surface area contributed by atoms with E-state index in [0.717, 1.165) is 29.4 Å². The van der Waals surface area contributed by atoms with Crippen LogP contribution in [-0.2, 0) is 4.79 Å². The predicted octanol–water partition coefficient (Wildman–Crippen LogP) is 4.42. The van der Waals surface area contributed by atoms with Crippen LogP contribution in [0.3, 0.4) is 0 Å². The molecule has 1 amide bonds. The lowest BCUT2D eigenvalue weighted by atomic mass is 10.2. The first kappa shape index (κ1) is 18.9. The molecule has 0 bridgehead atoms. The van der Waals surface area contributed by atoms with Crippen molar-refractivity contribution in [2.24, 2.45) is 0 Å². The number of halogens is 2. The van der Waals surface area contributed by atoms with Gasteiger partial charge >= 0.3 is 0 Å². The monoisotopic (exact) mass is 392 g/mol. The zero-order valence-electron chi connectivity index (χ0n) is 14.9. The number of amides is 1. The zero-order valence-corrected chi connectivity index (χ0v) is 16.4. The van der Waals surface area contributed by atoms with Crippen molar-refractivity contribution in [2.75, 3.05) is 31.1 Å². The van der Waals surface area contributed by atoms with Crippen LogP contribution in [0.15, 0.2) is 42.5 Å². The Morgan fingerprint density at radius 1 is 1.08 bits per heavy atom. The third-order valence-corrected chi connectivity index (χ3v) is 5.21. The third-order valence-electron chi connectivity index (χ3n) is 4.55. The van der Waals surface area contributed by atoms with Crippen LogP contribution in [0.25, 0.3) is 0 Å². The van der Waals surface area contributed by atoms with E-state index in [1.54, 1.807) is 19.1 Å². The Morgan fingerprint density at radius 3 is 2.46 bits per heavy atom. The van der Waals surface area contributed by atoms with Crippen LogP contribution in [0.1, 0.15) is 12.5 Å². The fraction of sp³-hybridized carbons (Fsp3) is 0.350. The smallest absolute Gasteiger partial charge is 0.263 e. The largest absolute Gasteiger partial charge is 0.481 e. The minimum Gasteiger partial charge on any atom is -0.481 e. The Hall–Kier alpha value is -1.91. The molecule has 1 fully saturated rings. The van der Waals surface area contributed by atoms with E-state index in [1.165, 1.54) is 0 Å². The summed E-state index contributed by atoms with van der Waals surface area (Å²) in [4.78, 5) is 16.8. The first-order chi connectivity index (χ1) is 12.4. The van der Waals surface area contributed by atoms with Crippen molar-refractivity contribution in [1.82, 2.24) is 4.90 Å². The van der Waals surface area contributed by atoms with E-state index in [4.69, 9.17) is 27.9 Å². The van der Waals surface area contributed by atoms with Gasteiger partial charge in [-0.05, 0) is 55.8 Å². The lowest BCUT2D eigenvalue weighted by Gasteiger charge is -2.37. The second-order valence-electron chi connectivity index (χ2n) is 6.46. The highest BCUT2D eigenvalue weighted by Crippen LogP contribution is 2.23. The molecular weight excluding hydrogens is 371 g/mol. The summed E-state index contributed by atoms with van der Waals surface area (Å²) in [7, 11) is 0. The molecule has 1 saturated heterocycles. The molecule has 1 aliphatic rings. The number of carbonyl (C=O) groups excluding carboxylic acids is 1. The van der Waals surface area contributed by atoms with Gasteiger partial charge in [0.05, 0.1) is 0 Å². The molecule has 0 aliphatic carbocycles. The average molecular weight is 393 g/mol. The van der Waals surface area contributed by atoms with E-state index >= 15 is 0 Å². The molecule has 3 rings (SSSR count). The molecule has 0 spiro atoms. The lowest BCUT2D eigenvalue weighted by molar-refractivity contribution is -0.138. The van der Waals surface area contributed by atoms with Gasteiger partial charge in [-0.2, -0.15) is 0 Å². The normalized spacial score (nSPS) is 15.7. The maximum atomic E-state index is 12.7. The number of hydrogen-bond acceptors (Lipinski definition) is 3. The summed E-state index contributed by atoms with van der Waals surface area (Å²) in [6.07, 6.45) is -0.534. The molecule has 6 heteroatoms. The highest BCUT2D eigenvalue weighted by Gasteiger charge is 2.26. The molecule has 0 radical (unpaired) electrons. The Morgan fingerprint density at radius 2 is 1.81 bits per heavy atom. The standard InChI is InChI=1S/C20H22Cl2N2O2/c1-14-12-18(6-7-19(14)22)26-15(2)20(25)24-10-8-23(9-11-24)17-5-3-4-16(21)13-17/h3-7,12-13,15H,8-11H2,1-2H3. The van der Waals surface area contributed by atoms with Crippen molar-refractivity contribution in [3.8, 4) is 5.75 Å².